The quantitative estimate of drug-likeness (QED) is 0.785. The highest BCUT2D eigenvalue weighted by atomic mass is 16.5. The second-order valence-corrected chi connectivity index (χ2v) is 8.47. The van der Waals surface area contributed by atoms with Crippen molar-refractivity contribution in [2.24, 2.45) is 5.41 Å². The van der Waals surface area contributed by atoms with Crippen molar-refractivity contribution < 1.29 is 14.6 Å². The second-order valence-electron chi connectivity index (χ2n) is 8.47. The molecule has 3 aliphatic heterocycles. The van der Waals surface area contributed by atoms with Gasteiger partial charge in [0.2, 0.25) is 0 Å². The summed E-state index contributed by atoms with van der Waals surface area (Å²) in [6.07, 6.45) is 4.88. The molecule has 1 unspecified atom stereocenters. The average molecular weight is 390 g/mol. The van der Waals surface area contributed by atoms with E-state index in [-0.39, 0.29) is 17.4 Å². The molecule has 2 N–H and O–H groups in total. The highest BCUT2D eigenvalue weighted by molar-refractivity contribution is 5.91. The molecular formula is C20H31N5O3. The van der Waals surface area contributed by atoms with E-state index < -0.39 is 0 Å². The van der Waals surface area contributed by atoms with E-state index in [9.17, 15) is 9.90 Å². The smallest absolute Gasteiger partial charge is 0.271 e. The van der Waals surface area contributed by atoms with Crippen molar-refractivity contribution in [1.82, 2.24) is 20.4 Å². The summed E-state index contributed by atoms with van der Waals surface area (Å²) in [5.41, 5.74) is 0.518. The molecule has 28 heavy (non-hydrogen) atoms. The maximum atomic E-state index is 11.6. The van der Waals surface area contributed by atoms with Gasteiger partial charge in [0.15, 0.2) is 11.5 Å². The summed E-state index contributed by atoms with van der Waals surface area (Å²) in [6.45, 7) is 5.35. The first-order valence-corrected chi connectivity index (χ1v) is 10.4. The Morgan fingerprint density at radius 3 is 2.64 bits per heavy atom. The molecule has 0 bridgehead atoms. The van der Waals surface area contributed by atoms with Crippen LogP contribution < -0.4 is 10.2 Å². The largest absolute Gasteiger partial charge is 0.392 e. The van der Waals surface area contributed by atoms with Gasteiger partial charge in [-0.2, -0.15) is 0 Å². The Labute approximate surface area is 166 Å². The molecule has 1 atom stereocenters. The zero-order valence-corrected chi connectivity index (χ0v) is 16.6. The van der Waals surface area contributed by atoms with Crippen molar-refractivity contribution in [3.63, 3.8) is 0 Å². The zero-order chi connectivity index (χ0) is 19.6. The number of carbonyl (C=O) groups excluding carboxylic acids is 1. The number of nitrogens with one attached hydrogen (secondary N) is 1. The van der Waals surface area contributed by atoms with Gasteiger partial charge in [-0.25, -0.2) is 0 Å². The molecule has 0 saturated carbocycles. The fraction of sp³-hybridized carbons (Fsp3) is 0.750. The normalized spacial score (nSPS) is 26.4. The minimum atomic E-state index is -0.241. The third kappa shape index (κ3) is 4.14. The van der Waals surface area contributed by atoms with Gasteiger partial charge in [0.05, 0.1) is 6.10 Å². The third-order valence-corrected chi connectivity index (χ3v) is 6.62. The lowest BCUT2D eigenvalue weighted by Gasteiger charge is -2.51. The molecule has 1 aromatic heterocycles. The molecule has 3 fully saturated rings. The van der Waals surface area contributed by atoms with E-state index in [1.807, 2.05) is 6.07 Å². The lowest BCUT2D eigenvalue weighted by atomic mass is 9.71. The van der Waals surface area contributed by atoms with E-state index in [1.165, 1.54) is 0 Å². The standard InChI is InChI=1S/C20H31N5O3/c1-21-19(27)17-2-3-18(23-22-17)24-8-6-20(7-9-24)12-16(26)13-25(14-20)15-4-10-28-11-5-15/h2-3,15-16,26H,4-14H2,1H3,(H,21,27). The fourth-order valence-corrected chi connectivity index (χ4v) is 5.04. The summed E-state index contributed by atoms with van der Waals surface area (Å²) in [4.78, 5) is 16.4. The predicted octanol–water partition coefficient (Wildman–Crippen LogP) is 0.668. The molecule has 154 valence electrons. The SMILES string of the molecule is CNC(=O)c1ccc(N2CCC3(CC2)CC(O)CN(C2CCOCC2)C3)nn1. The number of amides is 1. The highest BCUT2D eigenvalue weighted by Gasteiger charge is 2.43. The van der Waals surface area contributed by atoms with Gasteiger partial charge in [-0.1, -0.05) is 0 Å². The first kappa shape index (κ1) is 19.5. The molecule has 1 amide bonds. The number of hydrogen-bond donors (Lipinski definition) is 2. The number of hydrogen-bond acceptors (Lipinski definition) is 7. The predicted molar refractivity (Wildman–Crippen MR) is 105 cm³/mol. The van der Waals surface area contributed by atoms with E-state index in [0.29, 0.717) is 11.7 Å². The Morgan fingerprint density at radius 1 is 1.25 bits per heavy atom. The van der Waals surface area contributed by atoms with E-state index in [4.69, 9.17) is 4.74 Å². The van der Waals surface area contributed by atoms with Crippen LogP contribution in [0.15, 0.2) is 12.1 Å². The molecule has 4 heterocycles. The molecule has 0 aliphatic carbocycles. The van der Waals surface area contributed by atoms with Crippen LogP contribution in [-0.4, -0.2) is 84.7 Å². The van der Waals surface area contributed by atoms with Gasteiger partial charge in [0.25, 0.3) is 5.91 Å². The first-order chi connectivity index (χ1) is 13.6. The van der Waals surface area contributed by atoms with Crippen LogP contribution in [0.4, 0.5) is 5.82 Å². The summed E-state index contributed by atoms with van der Waals surface area (Å²) >= 11 is 0. The topological polar surface area (TPSA) is 90.8 Å². The zero-order valence-electron chi connectivity index (χ0n) is 16.6. The van der Waals surface area contributed by atoms with Crippen LogP contribution in [0.2, 0.25) is 0 Å². The van der Waals surface area contributed by atoms with E-state index >= 15 is 0 Å². The minimum Gasteiger partial charge on any atom is -0.392 e. The summed E-state index contributed by atoms with van der Waals surface area (Å²) in [7, 11) is 1.59. The number of nitrogens with zero attached hydrogens (tertiary/aromatic N) is 4. The number of aromatic nitrogens is 2. The number of β-amino-alcohol motifs (C(OH)–C–C–N with tert-alkyl or cyclic N) is 1. The van der Waals surface area contributed by atoms with Crippen LogP contribution >= 0.6 is 0 Å². The molecule has 8 heteroatoms. The molecular weight excluding hydrogens is 358 g/mol. The van der Waals surface area contributed by atoms with Crippen molar-refractivity contribution in [3.8, 4) is 0 Å². The second kappa shape index (κ2) is 8.31. The van der Waals surface area contributed by atoms with Gasteiger partial charge < -0.3 is 20.1 Å². The Morgan fingerprint density at radius 2 is 2.00 bits per heavy atom. The Kier molecular flexibility index (Phi) is 5.80. The summed E-state index contributed by atoms with van der Waals surface area (Å²) < 4.78 is 5.51. The number of rotatable bonds is 3. The summed E-state index contributed by atoms with van der Waals surface area (Å²) in [5, 5.41) is 21.4. The van der Waals surface area contributed by atoms with Crippen LogP contribution in [0.3, 0.4) is 0 Å². The van der Waals surface area contributed by atoms with Crippen LogP contribution in [-0.2, 0) is 4.74 Å². The molecule has 8 nitrogen and oxygen atoms in total. The molecule has 0 aromatic carbocycles. The van der Waals surface area contributed by atoms with Gasteiger partial charge in [-0.3, -0.25) is 9.69 Å². The molecule has 4 rings (SSSR count). The number of aliphatic hydroxyl groups is 1. The minimum absolute atomic E-state index is 0.182. The Bertz CT molecular complexity index is 669. The number of piperidine rings is 2. The summed E-state index contributed by atoms with van der Waals surface area (Å²) in [5.74, 6) is 0.598. The van der Waals surface area contributed by atoms with Crippen LogP contribution in [0, 0.1) is 5.41 Å². The monoisotopic (exact) mass is 389 g/mol. The number of anilines is 1. The third-order valence-electron chi connectivity index (χ3n) is 6.62. The lowest BCUT2D eigenvalue weighted by Crippen LogP contribution is -2.57. The van der Waals surface area contributed by atoms with Crippen molar-refractivity contribution in [2.75, 3.05) is 51.3 Å². The van der Waals surface area contributed by atoms with Crippen LogP contribution in [0.1, 0.15) is 42.6 Å². The van der Waals surface area contributed by atoms with Gasteiger partial charge in [-0.05, 0) is 49.7 Å². The van der Waals surface area contributed by atoms with Gasteiger partial charge in [0.1, 0.15) is 0 Å². The number of likely N-dealkylation sites (tertiary alicyclic amines) is 1. The molecule has 1 spiro atoms. The molecule has 3 saturated heterocycles. The van der Waals surface area contributed by atoms with Gasteiger partial charge in [-0.15, -0.1) is 10.2 Å². The van der Waals surface area contributed by atoms with Crippen molar-refractivity contribution in [3.05, 3.63) is 17.8 Å². The van der Waals surface area contributed by atoms with Crippen molar-refractivity contribution in [2.45, 2.75) is 44.2 Å². The van der Waals surface area contributed by atoms with Crippen molar-refractivity contribution in [1.29, 1.82) is 0 Å². The van der Waals surface area contributed by atoms with Crippen LogP contribution in [0.5, 0.6) is 0 Å². The molecule has 3 aliphatic rings. The first-order valence-electron chi connectivity index (χ1n) is 10.4. The Balaban J connectivity index is 1.38. The highest BCUT2D eigenvalue weighted by Crippen LogP contribution is 2.41. The lowest BCUT2D eigenvalue weighted by molar-refractivity contribution is -0.0602. The van der Waals surface area contributed by atoms with E-state index in [2.05, 4.69) is 25.3 Å². The Hall–Kier alpha value is -1.77. The number of aliphatic hydroxyl groups excluding tert-OH is 1. The number of ether oxygens (including phenoxy) is 1. The fourth-order valence-electron chi connectivity index (χ4n) is 5.04. The molecule has 0 radical (unpaired) electrons. The van der Waals surface area contributed by atoms with Crippen molar-refractivity contribution >= 4 is 11.7 Å². The van der Waals surface area contributed by atoms with Gasteiger partial charge >= 0.3 is 0 Å². The maximum absolute atomic E-state index is 11.6. The van der Waals surface area contributed by atoms with Crippen LogP contribution in [0.25, 0.3) is 0 Å². The average Bonchev–Trinajstić information content (AvgIpc) is 2.74. The van der Waals surface area contributed by atoms with E-state index in [1.54, 1.807) is 13.1 Å². The van der Waals surface area contributed by atoms with Gasteiger partial charge in [0, 0.05) is 52.5 Å². The number of carbonyl (C=O) groups is 1. The summed E-state index contributed by atoms with van der Waals surface area (Å²) in [6, 6.07) is 4.14. The maximum Gasteiger partial charge on any atom is 0.271 e. The molecule has 1 aromatic rings. The van der Waals surface area contributed by atoms with E-state index in [0.717, 1.165) is 77.3 Å².